The van der Waals surface area contributed by atoms with Crippen LogP contribution in [0, 0.1) is 5.82 Å². The van der Waals surface area contributed by atoms with Gasteiger partial charge in [-0.1, -0.05) is 17.7 Å². The summed E-state index contributed by atoms with van der Waals surface area (Å²) in [7, 11) is 2.72. The molecule has 0 spiro atoms. The summed E-state index contributed by atoms with van der Waals surface area (Å²) < 4.78 is 24.3. The van der Waals surface area contributed by atoms with Crippen LogP contribution in [0.1, 0.15) is 12.5 Å². The molecule has 0 heterocycles. The second-order valence-corrected chi connectivity index (χ2v) is 4.91. The minimum absolute atomic E-state index is 0.0133. The van der Waals surface area contributed by atoms with E-state index in [0.29, 0.717) is 4.47 Å². The van der Waals surface area contributed by atoms with Gasteiger partial charge in [-0.2, -0.15) is 0 Å². The molecule has 0 aliphatic carbocycles. The topological polar surface area (TPSA) is 38.7 Å². The van der Waals surface area contributed by atoms with Crippen LogP contribution in [0.5, 0.6) is 0 Å². The number of halogens is 3. The molecule has 1 N–H and O–H groups in total. The van der Waals surface area contributed by atoms with E-state index in [-0.39, 0.29) is 10.6 Å². The molecule has 6 heteroatoms. The van der Waals surface area contributed by atoms with Crippen LogP contribution in [0.2, 0.25) is 5.02 Å². The summed E-state index contributed by atoms with van der Waals surface area (Å²) in [6, 6.07) is 2.98. The molecule has 0 fully saturated rings. The first-order chi connectivity index (χ1) is 7.86. The predicted molar refractivity (Wildman–Crippen MR) is 66.5 cm³/mol. The van der Waals surface area contributed by atoms with Gasteiger partial charge < -0.3 is 14.6 Å². The van der Waals surface area contributed by atoms with Crippen LogP contribution in [0.15, 0.2) is 16.6 Å². The van der Waals surface area contributed by atoms with E-state index in [0.717, 1.165) is 0 Å². The Hall–Kier alpha value is -0.200. The molecule has 0 amide bonds. The van der Waals surface area contributed by atoms with Gasteiger partial charge in [-0.05, 0) is 28.9 Å². The average molecular weight is 328 g/mol. The average Bonchev–Trinajstić information content (AvgIpc) is 2.27. The predicted octanol–water partition coefficient (Wildman–Crippen LogP) is 3.07. The van der Waals surface area contributed by atoms with Crippen molar-refractivity contribution in [2.24, 2.45) is 0 Å². The molecule has 17 heavy (non-hydrogen) atoms. The van der Waals surface area contributed by atoms with Gasteiger partial charge in [0, 0.05) is 24.3 Å². The molecular weight excluding hydrogens is 314 g/mol. The lowest BCUT2D eigenvalue weighted by Crippen LogP contribution is -2.40. The lowest BCUT2D eigenvalue weighted by atomic mass is 9.94. The first kappa shape index (κ1) is 14.9. The first-order valence-corrected chi connectivity index (χ1v) is 5.95. The van der Waals surface area contributed by atoms with Crippen molar-refractivity contribution in [3.63, 3.8) is 0 Å². The van der Waals surface area contributed by atoms with Crippen LogP contribution in [-0.4, -0.2) is 25.6 Å². The van der Waals surface area contributed by atoms with E-state index >= 15 is 0 Å². The molecular formula is C11H13BrClFO3. The number of methoxy groups -OCH3 is 2. The monoisotopic (exact) mass is 326 g/mol. The van der Waals surface area contributed by atoms with Crippen molar-refractivity contribution in [2.75, 3.05) is 14.2 Å². The Morgan fingerprint density at radius 2 is 1.94 bits per heavy atom. The molecule has 0 aliphatic rings. The van der Waals surface area contributed by atoms with Crippen LogP contribution < -0.4 is 0 Å². The van der Waals surface area contributed by atoms with Gasteiger partial charge in [-0.3, -0.25) is 0 Å². The van der Waals surface area contributed by atoms with E-state index < -0.39 is 17.7 Å². The van der Waals surface area contributed by atoms with E-state index in [2.05, 4.69) is 15.9 Å². The van der Waals surface area contributed by atoms with E-state index in [4.69, 9.17) is 21.1 Å². The molecule has 1 unspecified atom stereocenters. The summed E-state index contributed by atoms with van der Waals surface area (Å²) in [5, 5.41) is 10.2. The smallest absolute Gasteiger partial charge is 0.189 e. The molecule has 0 saturated heterocycles. The third-order valence-corrected chi connectivity index (χ3v) is 3.73. The van der Waals surface area contributed by atoms with E-state index in [1.54, 1.807) is 6.07 Å². The van der Waals surface area contributed by atoms with E-state index in [1.165, 1.54) is 27.2 Å². The van der Waals surface area contributed by atoms with Gasteiger partial charge in [0.05, 0.1) is 5.02 Å². The van der Waals surface area contributed by atoms with Crippen LogP contribution >= 0.6 is 27.5 Å². The summed E-state index contributed by atoms with van der Waals surface area (Å²) >= 11 is 8.87. The second kappa shape index (κ2) is 5.63. The minimum Gasteiger partial charge on any atom is -0.380 e. The highest BCUT2D eigenvalue weighted by molar-refractivity contribution is 9.10. The lowest BCUT2D eigenvalue weighted by Gasteiger charge is -2.31. The van der Waals surface area contributed by atoms with Gasteiger partial charge in [0.15, 0.2) is 6.29 Å². The van der Waals surface area contributed by atoms with Crippen molar-refractivity contribution in [1.29, 1.82) is 0 Å². The van der Waals surface area contributed by atoms with E-state index in [9.17, 15) is 9.50 Å². The first-order valence-electron chi connectivity index (χ1n) is 4.78. The summed E-state index contributed by atoms with van der Waals surface area (Å²) in [6.07, 6.45) is -0.991. The number of ether oxygens (including phenoxy) is 2. The molecule has 96 valence electrons. The Bertz CT molecular complexity index is 408. The number of benzene rings is 1. The molecule has 0 aliphatic heterocycles. The Kier molecular flexibility index (Phi) is 4.92. The van der Waals surface area contributed by atoms with Crippen LogP contribution in [0.3, 0.4) is 0 Å². The van der Waals surface area contributed by atoms with Crippen molar-refractivity contribution < 1.29 is 19.0 Å². The molecule has 0 aromatic heterocycles. The molecule has 1 aromatic carbocycles. The van der Waals surface area contributed by atoms with E-state index in [1.807, 2.05) is 0 Å². The molecule has 1 aromatic rings. The standard InChI is InChI=1S/C11H13BrClFO3/c1-11(15,10(16-2)17-3)6-4-5-7(12)8(13)9(6)14/h4-5,10,15H,1-3H3. The highest BCUT2D eigenvalue weighted by Crippen LogP contribution is 2.35. The Labute approximate surface area is 113 Å². The largest absolute Gasteiger partial charge is 0.380 e. The maximum atomic E-state index is 14.0. The highest BCUT2D eigenvalue weighted by Gasteiger charge is 2.37. The van der Waals surface area contributed by atoms with Gasteiger partial charge >= 0.3 is 0 Å². The van der Waals surface area contributed by atoms with Crippen molar-refractivity contribution >= 4 is 27.5 Å². The lowest BCUT2D eigenvalue weighted by molar-refractivity contribution is -0.214. The zero-order valence-electron chi connectivity index (χ0n) is 9.63. The highest BCUT2D eigenvalue weighted by atomic mass is 79.9. The molecule has 0 saturated carbocycles. The third kappa shape index (κ3) is 2.80. The van der Waals surface area contributed by atoms with Gasteiger partial charge in [-0.25, -0.2) is 4.39 Å². The maximum Gasteiger partial charge on any atom is 0.189 e. The van der Waals surface area contributed by atoms with Crippen molar-refractivity contribution in [2.45, 2.75) is 18.8 Å². The fourth-order valence-corrected chi connectivity index (χ4v) is 2.07. The number of aliphatic hydroxyl groups is 1. The van der Waals surface area contributed by atoms with Crippen LogP contribution in [0.4, 0.5) is 4.39 Å². The fraction of sp³-hybridized carbons (Fsp3) is 0.455. The van der Waals surface area contributed by atoms with Crippen molar-refractivity contribution in [1.82, 2.24) is 0 Å². The van der Waals surface area contributed by atoms with Crippen LogP contribution in [-0.2, 0) is 15.1 Å². The molecule has 3 nitrogen and oxygen atoms in total. The SMILES string of the molecule is COC(OC)C(C)(O)c1ccc(Br)c(Cl)c1F. The second-order valence-electron chi connectivity index (χ2n) is 3.67. The van der Waals surface area contributed by atoms with Crippen molar-refractivity contribution in [3.8, 4) is 0 Å². The number of hydrogen-bond acceptors (Lipinski definition) is 3. The normalized spacial score (nSPS) is 15.1. The van der Waals surface area contributed by atoms with Crippen molar-refractivity contribution in [3.05, 3.63) is 33.0 Å². The number of rotatable bonds is 4. The fourth-order valence-electron chi connectivity index (χ4n) is 1.60. The van der Waals surface area contributed by atoms with Gasteiger partial charge in [-0.15, -0.1) is 0 Å². The summed E-state index contributed by atoms with van der Waals surface area (Å²) in [4.78, 5) is 0. The zero-order chi connectivity index (χ0) is 13.2. The Morgan fingerprint density at radius 1 is 1.41 bits per heavy atom. The summed E-state index contributed by atoms with van der Waals surface area (Å²) in [5.74, 6) is -0.704. The molecule has 1 atom stereocenters. The molecule has 0 bridgehead atoms. The van der Waals surface area contributed by atoms with Gasteiger partial charge in [0.25, 0.3) is 0 Å². The minimum atomic E-state index is -1.64. The quantitative estimate of drug-likeness (QED) is 0.682. The third-order valence-electron chi connectivity index (χ3n) is 2.47. The van der Waals surface area contributed by atoms with Crippen LogP contribution in [0.25, 0.3) is 0 Å². The zero-order valence-corrected chi connectivity index (χ0v) is 12.0. The van der Waals surface area contributed by atoms with Gasteiger partial charge in [0.1, 0.15) is 11.4 Å². The molecule has 1 rings (SSSR count). The Balaban J connectivity index is 3.28. The number of hydrogen-bond donors (Lipinski definition) is 1. The molecule has 0 radical (unpaired) electrons. The summed E-state index contributed by atoms with van der Waals surface area (Å²) in [6.45, 7) is 1.40. The summed E-state index contributed by atoms with van der Waals surface area (Å²) in [5.41, 5.74) is -1.63. The maximum absolute atomic E-state index is 14.0. The Morgan fingerprint density at radius 3 is 2.41 bits per heavy atom. The van der Waals surface area contributed by atoms with Gasteiger partial charge in [0.2, 0.25) is 0 Å².